The summed E-state index contributed by atoms with van der Waals surface area (Å²) in [4.78, 5) is 31.8. The van der Waals surface area contributed by atoms with E-state index in [2.05, 4.69) is 14.7 Å². The van der Waals surface area contributed by atoms with Crippen LogP contribution in [0.5, 0.6) is 5.75 Å². The van der Waals surface area contributed by atoms with Crippen LogP contribution in [0.1, 0.15) is 6.42 Å². The second kappa shape index (κ2) is 7.96. The number of pyridine rings is 2. The maximum Gasteiger partial charge on any atom is 0.511 e. The number of nitrogens with one attached hydrogen (secondary N) is 1. The number of nitrogens with zero attached hydrogens (tertiary/aromatic N) is 2. The predicted molar refractivity (Wildman–Crippen MR) is 117 cm³/mol. The van der Waals surface area contributed by atoms with E-state index >= 15 is 4.39 Å². The minimum Gasteiger partial charge on any atom is -0.449 e. The fourth-order valence-electron chi connectivity index (χ4n) is 4.75. The normalized spacial score (nSPS) is 21.9. The number of halogens is 2. The Balaban J connectivity index is 1.53. The summed E-state index contributed by atoms with van der Waals surface area (Å²) in [7, 11) is 0. The van der Waals surface area contributed by atoms with Crippen molar-refractivity contribution in [2.24, 2.45) is 17.6 Å². The molecular formula is C23H20F2N4O4. The fraction of sp³-hybridized carbons (Fsp3) is 0.261. The highest BCUT2D eigenvalue weighted by molar-refractivity contribution is 5.80. The number of benzene rings is 1. The van der Waals surface area contributed by atoms with Crippen molar-refractivity contribution in [2.45, 2.75) is 12.5 Å². The molecule has 0 amide bonds. The molecule has 5 rings (SSSR count). The zero-order valence-electron chi connectivity index (χ0n) is 17.3. The van der Waals surface area contributed by atoms with Crippen LogP contribution >= 0.6 is 0 Å². The highest BCUT2D eigenvalue weighted by atomic mass is 19.1. The zero-order valence-corrected chi connectivity index (χ0v) is 17.3. The topological polar surface area (TPSA) is 122 Å². The number of H-pyrrole nitrogens is 1. The largest absolute Gasteiger partial charge is 0.511 e. The lowest BCUT2D eigenvalue weighted by Gasteiger charge is -2.25. The van der Waals surface area contributed by atoms with E-state index in [1.54, 1.807) is 4.90 Å². The molecule has 1 aliphatic carbocycles. The smallest absolute Gasteiger partial charge is 0.449 e. The molecule has 3 aromatic rings. The van der Waals surface area contributed by atoms with E-state index in [1.807, 2.05) is 12.2 Å². The molecule has 1 saturated heterocycles. The number of carbonyl (C=O) groups is 1. The van der Waals surface area contributed by atoms with E-state index in [0.717, 1.165) is 12.6 Å². The van der Waals surface area contributed by atoms with Crippen LogP contribution in [-0.4, -0.2) is 40.4 Å². The van der Waals surface area contributed by atoms with Crippen molar-refractivity contribution in [3.8, 4) is 17.0 Å². The van der Waals surface area contributed by atoms with Gasteiger partial charge in [0.2, 0.25) is 5.43 Å². The molecule has 0 spiro atoms. The van der Waals surface area contributed by atoms with E-state index in [1.165, 1.54) is 24.3 Å². The van der Waals surface area contributed by atoms with Gasteiger partial charge in [0.25, 0.3) is 0 Å². The summed E-state index contributed by atoms with van der Waals surface area (Å²) in [5.74, 6) is -1.44. The predicted octanol–water partition coefficient (Wildman–Crippen LogP) is 3.26. The van der Waals surface area contributed by atoms with Crippen LogP contribution in [0.15, 0.2) is 47.4 Å². The lowest BCUT2D eigenvalue weighted by molar-refractivity contribution is 0.144. The molecule has 2 aromatic heterocycles. The molecule has 3 heterocycles. The first-order chi connectivity index (χ1) is 15.8. The van der Waals surface area contributed by atoms with Gasteiger partial charge >= 0.3 is 6.16 Å². The standard InChI is InChI=1S/C23H20F2N4O4/c24-15-6-4-12(19(25)20(15)29-9-11-2-1-3-16(26)14(11)10-29)17-7-5-13-21(30)18(33-23(31)32)8-27-22(13)28-17/h1,3-8,11,14,16H,2,9-10,26H2,(H,31,32)(H,27,28,30). The summed E-state index contributed by atoms with van der Waals surface area (Å²) < 4.78 is 34.8. The Morgan fingerprint density at radius 1 is 1.24 bits per heavy atom. The summed E-state index contributed by atoms with van der Waals surface area (Å²) in [5, 5.41) is 8.80. The highest BCUT2D eigenvalue weighted by Crippen LogP contribution is 2.39. The SMILES string of the molecule is NC1C=CCC2CN(c3c(F)ccc(-c4ccc5c(=O)c(OC(=O)O)c[nH]c5n4)c3F)CC12. The van der Waals surface area contributed by atoms with Crippen LogP contribution in [0.3, 0.4) is 0 Å². The first kappa shape index (κ1) is 21.1. The quantitative estimate of drug-likeness (QED) is 0.410. The lowest BCUT2D eigenvalue weighted by atomic mass is 9.83. The lowest BCUT2D eigenvalue weighted by Crippen LogP contribution is -2.35. The summed E-state index contributed by atoms with van der Waals surface area (Å²) >= 11 is 0. The molecule has 0 bridgehead atoms. The number of hydrogen-bond donors (Lipinski definition) is 3. The molecule has 1 fully saturated rings. The van der Waals surface area contributed by atoms with Gasteiger partial charge in [-0.05, 0) is 42.5 Å². The molecule has 4 N–H and O–H groups in total. The first-order valence-corrected chi connectivity index (χ1v) is 10.4. The minimum atomic E-state index is -1.62. The van der Waals surface area contributed by atoms with E-state index in [9.17, 15) is 14.0 Å². The van der Waals surface area contributed by atoms with Crippen molar-refractivity contribution in [1.82, 2.24) is 9.97 Å². The van der Waals surface area contributed by atoms with Crippen molar-refractivity contribution in [3.05, 3.63) is 64.5 Å². The Kier molecular flexibility index (Phi) is 5.09. The number of hydrogen-bond acceptors (Lipinski definition) is 6. The first-order valence-electron chi connectivity index (χ1n) is 10.4. The van der Waals surface area contributed by atoms with Gasteiger partial charge in [-0.15, -0.1) is 0 Å². The Morgan fingerprint density at radius 3 is 2.82 bits per heavy atom. The number of fused-ring (bicyclic) bond motifs is 2. The van der Waals surface area contributed by atoms with Crippen LogP contribution in [0.25, 0.3) is 22.3 Å². The van der Waals surface area contributed by atoms with E-state index in [0.29, 0.717) is 13.1 Å². The molecule has 3 atom stereocenters. The van der Waals surface area contributed by atoms with Crippen LogP contribution < -0.4 is 20.8 Å². The van der Waals surface area contributed by atoms with Crippen molar-refractivity contribution < 1.29 is 23.4 Å². The third kappa shape index (κ3) is 3.62. The Labute approximate surface area is 186 Å². The van der Waals surface area contributed by atoms with Gasteiger partial charge in [0.1, 0.15) is 17.2 Å². The summed E-state index contributed by atoms with van der Waals surface area (Å²) in [6.45, 7) is 0.961. The minimum absolute atomic E-state index is 0.0744. The molecule has 2 aliphatic rings. The van der Waals surface area contributed by atoms with E-state index < -0.39 is 29.0 Å². The van der Waals surface area contributed by atoms with Crippen molar-refractivity contribution in [2.75, 3.05) is 18.0 Å². The highest BCUT2D eigenvalue weighted by Gasteiger charge is 2.39. The third-order valence-corrected chi connectivity index (χ3v) is 6.34. The number of anilines is 1. The van der Waals surface area contributed by atoms with Crippen LogP contribution in [-0.2, 0) is 0 Å². The Morgan fingerprint density at radius 2 is 2.06 bits per heavy atom. The molecule has 3 unspecified atom stereocenters. The van der Waals surface area contributed by atoms with Crippen LogP contribution in [0.2, 0.25) is 0 Å². The molecule has 0 radical (unpaired) electrons. The number of rotatable bonds is 3. The van der Waals surface area contributed by atoms with Crippen molar-refractivity contribution >= 4 is 22.9 Å². The van der Waals surface area contributed by atoms with Crippen LogP contribution in [0.4, 0.5) is 19.3 Å². The monoisotopic (exact) mass is 454 g/mol. The number of nitrogens with two attached hydrogens (primary N) is 1. The number of aromatic amines is 1. The Bertz CT molecular complexity index is 1360. The van der Waals surface area contributed by atoms with Gasteiger partial charge in [-0.25, -0.2) is 18.6 Å². The average molecular weight is 454 g/mol. The van der Waals surface area contributed by atoms with Crippen molar-refractivity contribution in [3.63, 3.8) is 0 Å². The Hall–Kier alpha value is -3.79. The molecule has 170 valence electrons. The molecule has 0 saturated carbocycles. The summed E-state index contributed by atoms with van der Waals surface area (Å²) in [5.41, 5.74) is 5.78. The molecular weight excluding hydrogens is 434 g/mol. The van der Waals surface area contributed by atoms with E-state index in [-0.39, 0.29) is 45.9 Å². The van der Waals surface area contributed by atoms with Gasteiger partial charge in [-0.2, -0.15) is 0 Å². The number of allylic oxidation sites excluding steroid dienone is 1. The summed E-state index contributed by atoms with van der Waals surface area (Å²) in [6, 6.07) is 5.18. The molecule has 1 aliphatic heterocycles. The second-order valence-corrected chi connectivity index (χ2v) is 8.27. The van der Waals surface area contributed by atoms with Gasteiger partial charge in [-0.3, -0.25) is 4.79 Å². The van der Waals surface area contributed by atoms with Crippen molar-refractivity contribution in [1.29, 1.82) is 0 Å². The van der Waals surface area contributed by atoms with Crippen LogP contribution in [0, 0.1) is 23.5 Å². The summed E-state index contributed by atoms with van der Waals surface area (Å²) in [6.07, 6.45) is 4.24. The van der Waals surface area contributed by atoms with Gasteiger partial charge in [0, 0.05) is 30.9 Å². The average Bonchev–Trinajstić information content (AvgIpc) is 3.20. The molecule has 33 heavy (non-hydrogen) atoms. The van der Waals surface area contributed by atoms with Gasteiger partial charge in [-0.1, -0.05) is 12.2 Å². The maximum absolute atomic E-state index is 15.6. The van der Waals surface area contributed by atoms with Gasteiger partial charge in [0.15, 0.2) is 11.6 Å². The molecule has 8 nitrogen and oxygen atoms in total. The maximum atomic E-state index is 15.6. The zero-order chi connectivity index (χ0) is 23.3. The third-order valence-electron chi connectivity index (χ3n) is 6.34. The molecule has 10 heteroatoms. The second-order valence-electron chi connectivity index (χ2n) is 8.27. The van der Waals surface area contributed by atoms with E-state index in [4.69, 9.17) is 10.8 Å². The van der Waals surface area contributed by atoms with Gasteiger partial charge in [0.05, 0.1) is 11.1 Å². The molecule has 1 aromatic carbocycles. The van der Waals surface area contributed by atoms with Gasteiger partial charge < -0.3 is 25.5 Å². The number of aromatic nitrogens is 2. The fourth-order valence-corrected chi connectivity index (χ4v) is 4.75. The number of carboxylic acid groups (broad SMARTS) is 1. The number of ether oxygens (including phenoxy) is 1.